The molecule has 146 valence electrons. The number of nitrogens with zero attached hydrogens (tertiary/aromatic N) is 2. The van der Waals surface area contributed by atoms with Crippen LogP contribution in [0.4, 0.5) is 0 Å². The predicted octanol–water partition coefficient (Wildman–Crippen LogP) is 2.89. The molecule has 0 atom stereocenters. The number of carbonyl (C=O) groups excluding carboxylic acids is 2. The van der Waals surface area contributed by atoms with Gasteiger partial charge < -0.3 is 18.8 Å². The third-order valence-electron chi connectivity index (χ3n) is 4.15. The first kappa shape index (κ1) is 19.8. The molecule has 0 spiro atoms. The molecule has 0 unspecified atom stereocenters. The summed E-state index contributed by atoms with van der Waals surface area (Å²) in [6, 6.07) is 11.9. The Morgan fingerprint density at radius 3 is 2.39 bits per heavy atom. The summed E-state index contributed by atoms with van der Waals surface area (Å²) in [6.07, 6.45) is 0. The molecule has 7 nitrogen and oxygen atoms in total. The Morgan fingerprint density at radius 1 is 1.04 bits per heavy atom. The molecule has 0 saturated carbocycles. The molecular weight excluding hydrogens is 380 g/mol. The van der Waals surface area contributed by atoms with Crippen molar-refractivity contribution in [2.24, 2.45) is 4.99 Å². The van der Waals surface area contributed by atoms with E-state index >= 15 is 0 Å². The number of benzene rings is 2. The van der Waals surface area contributed by atoms with E-state index in [0.29, 0.717) is 34.8 Å². The Balaban J connectivity index is 2.05. The molecule has 2 aromatic carbocycles. The number of methoxy groups -OCH3 is 3. The van der Waals surface area contributed by atoms with Gasteiger partial charge in [0.05, 0.1) is 31.1 Å². The number of aromatic nitrogens is 1. The number of fused-ring (bicyclic) bond motifs is 1. The van der Waals surface area contributed by atoms with Crippen LogP contribution in [-0.2, 0) is 16.0 Å². The number of carbonyl (C=O) groups is 2. The number of para-hydroxylation sites is 1. The second-order valence-corrected chi connectivity index (χ2v) is 6.83. The van der Waals surface area contributed by atoms with Gasteiger partial charge in [0, 0.05) is 19.2 Å². The summed E-state index contributed by atoms with van der Waals surface area (Å²) in [7, 11) is 4.54. The van der Waals surface area contributed by atoms with Crippen LogP contribution in [0, 0.1) is 0 Å². The first-order chi connectivity index (χ1) is 13.6. The Bertz CT molecular complexity index is 1070. The van der Waals surface area contributed by atoms with E-state index in [1.807, 2.05) is 22.8 Å². The standard InChI is InChI=1S/C20H20N2O5S/c1-25-12-11-22-17-15(26-2)5-4-6-16(17)28-20(22)21-18(23)13-7-9-14(10-8-13)19(24)27-3/h4-10H,11-12H2,1-3H3. The van der Waals surface area contributed by atoms with E-state index in [9.17, 15) is 9.59 Å². The monoisotopic (exact) mass is 400 g/mol. The van der Waals surface area contributed by atoms with Crippen molar-refractivity contribution in [3.63, 3.8) is 0 Å². The van der Waals surface area contributed by atoms with Crippen LogP contribution in [0.3, 0.4) is 0 Å². The van der Waals surface area contributed by atoms with Crippen molar-refractivity contribution in [3.05, 3.63) is 58.4 Å². The second kappa shape index (κ2) is 8.81. The highest BCUT2D eigenvalue weighted by Gasteiger charge is 2.13. The van der Waals surface area contributed by atoms with Crippen LogP contribution in [0.25, 0.3) is 10.2 Å². The summed E-state index contributed by atoms with van der Waals surface area (Å²) in [4.78, 5) is 29.1. The van der Waals surface area contributed by atoms with Gasteiger partial charge in [0.1, 0.15) is 11.3 Å². The lowest BCUT2D eigenvalue weighted by atomic mass is 10.1. The average molecular weight is 400 g/mol. The molecule has 0 aliphatic heterocycles. The van der Waals surface area contributed by atoms with E-state index < -0.39 is 11.9 Å². The molecule has 28 heavy (non-hydrogen) atoms. The van der Waals surface area contributed by atoms with Gasteiger partial charge in [-0.2, -0.15) is 4.99 Å². The maximum Gasteiger partial charge on any atom is 0.337 e. The van der Waals surface area contributed by atoms with Gasteiger partial charge in [0.2, 0.25) is 0 Å². The van der Waals surface area contributed by atoms with Gasteiger partial charge in [-0.15, -0.1) is 0 Å². The van der Waals surface area contributed by atoms with E-state index in [0.717, 1.165) is 10.2 Å². The molecule has 0 N–H and O–H groups in total. The van der Waals surface area contributed by atoms with Crippen LogP contribution in [0.15, 0.2) is 47.5 Å². The van der Waals surface area contributed by atoms with Gasteiger partial charge in [0.15, 0.2) is 4.80 Å². The van der Waals surface area contributed by atoms with Crippen molar-refractivity contribution >= 4 is 33.4 Å². The molecule has 1 heterocycles. The highest BCUT2D eigenvalue weighted by atomic mass is 32.1. The van der Waals surface area contributed by atoms with Crippen LogP contribution in [-0.4, -0.2) is 44.4 Å². The zero-order valence-corrected chi connectivity index (χ0v) is 16.6. The SMILES string of the molecule is COCCn1c(=NC(=O)c2ccc(C(=O)OC)cc2)sc2cccc(OC)c21. The van der Waals surface area contributed by atoms with Crippen molar-refractivity contribution in [2.45, 2.75) is 6.54 Å². The molecule has 3 aromatic rings. The summed E-state index contributed by atoms with van der Waals surface area (Å²) in [6.45, 7) is 1.00. The molecule has 0 fully saturated rings. The van der Waals surface area contributed by atoms with E-state index in [1.165, 1.54) is 18.4 Å². The van der Waals surface area contributed by atoms with Crippen LogP contribution in [0.1, 0.15) is 20.7 Å². The fourth-order valence-electron chi connectivity index (χ4n) is 2.76. The summed E-state index contributed by atoms with van der Waals surface area (Å²) in [5.41, 5.74) is 1.64. The third kappa shape index (κ3) is 3.97. The third-order valence-corrected chi connectivity index (χ3v) is 5.20. The Labute approximate surface area is 165 Å². The van der Waals surface area contributed by atoms with Gasteiger partial charge in [-0.3, -0.25) is 4.79 Å². The Kier molecular flexibility index (Phi) is 6.23. The highest BCUT2D eigenvalue weighted by molar-refractivity contribution is 7.16. The molecule has 0 aliphatic carbocycles. The van der Waals surface area contributed by atoms with Gasteiger partial charge in [-0.1, -0.05) is 17.4 Å². The van der Waals surface area contributed by atoms with E-state index in [1.54, 1.807) is 38.5 Å². The van der Waals surface area contributed by atoms with Gasteiger partial charge in [-0.05, 0) is 36.4 Å². The summed E-state index contributed by atoms with van der Waals surface area (Å²) in [5, 5.41) is 0. The normalized spacial score (nSPS) is 11.6. The molecular formula is C20H20N2O5S. The fourth-order valence-corrected chi connectivity index (χ4v) is 3.83. The number of ether oxygens (including phenoxy) is 3. The molecule has 1 amide bonds. The van der Waals surface area contributed by atoms with Crippen molar-refractivity contribution in [2.75, 3.05) is 27.9 Å². The lowest BCUT2D eigenvalue weighted by Gasteiger charge is -2.08. The van der Waals surface area contributed by atoms with Crippen molar-refractivity contribution < 1.29 is 23.8 Å². The highest BCUT2D eigenvalue weighted by Crippen LogP contribution is 2.27. The molecule has 0 radical (unpaired) electrons. The van der Waals surface area contributed by atoms with Gasteiger partial charge >= 0.3 is 5.97 Å². The Hall–Kier alpha value is -2.97. The number of hydrogen-bond donors (Lipinski definition) is 0. The van der Waals surface area contributed by atoms with Crippen LogP contribution >= 0.6 is 11.3 Å². The van der Waals surface area contributed by atoms with Gasteiger partial charge in [0.25, 0.3) is 5.91 Å². The van der Waals surface area contributed by atoms with Crippen molar-refractivity contribution in [1.82, 2.24) is 4.57 Å². The first-order valence-electron chi connectivity index (χ1n) is 8.51. The van der Waals surface area contributed by atoms with Gasteiger partial charge in [-0.25, -0.2) is 4.79 Å². The van der Waals surface area contributed by atoms with Crippen LogP contribution < -0.4 is 9.54 Å². The zero-order valence-electron chi connectivity index (χ0n) is 15.8. The number of thiazole rings is 1. The Morgan fingerprint density at radius 2 is 1.75 bits per heavy atom. The minimum absolute atomic E-state index is 0.376. The fraction of sp³-hybridized carbons (Fsp3) is 0.250. The smallest absolute Gasteiger partial charge is 0.337 e. The predicted molar refractivity (Wildman–Crippen MR) is 106 cm³/mol. The number of rotatable bonds is 6. The first-order valence-corrected chi connectivity index (χ1v) is 9.33. The molecule has 3 rings (SSSR count). The van der Waals surface area contributed by atoms with E-state index in [-0.39, 0.29) is 0 Å². The summed E-state index contributed by atoms with van der Waals surface area (Å²) >= 11 is 1.40. The van der Waals surface area contributed by atoms with Crippen LogP contribution in [0.5, 0.6) is 5.75 Å². The zero-order chi connectivity index (χ0) is 20.1. The molecule has 1 aromatic heterocycles. The summed E-state index contributed by atoms with van der Waals surface area (Å²) in [5.74, 6) is -0.140. The van der Waals surface area contributed by atoms with Crippen molar-refractivity contribution in [1.29, 1.82) is 0 Å². The largest absolute Gasteiger partial charge is 0.495 e. The minimum Gasteiger partial charge on any atom is -0.495 e. The molecule has 0 saturated heterocycles. The quantitative estimate of drug-likeness (QED) is 0.595. The van der Waals surface area contributed by atoms with E-state index in [2.05, 4.69) is 9.73 Å². The maximum atomic E-state index is 12.7. The van der Waals surface area contributed by atoms with Crippen LogP contribution in [0.2, 0.25) is 0 Å². The summed E-state index contributed by atoms with van der Waals surface area (Å²) < 4.78 is 18.2. The molecule has 8 heteroatoms. The average Bonchev–Trinajstić information content (AvgIpc) is 3.08. The van der Waals surface area contributed by atoms with E-state index in [4.69, 9.17) is 9.47 Å². The molecule has 0 bridgehead atoms. The minimum atomic E-state index is -0.454. The topological polar surface area (TPSA) is 79.1 Å². The number of hydrogen-bond acceptors (Lipinski definition) is 6. The number of esters is 1. The maximum absolute atomic E-state index is 12.7. The second-order valence-electron chi connectivity index (χ2n) is 5.82. The molecule has 0 aliphatic rings. The number of amides is 1. The van der Waals surface area contributed by atoms with Crippen molar-refractivity contribution in [3.8, 4) is 5.75 Å². The lowest BCUT2D eigenvalue weighted by molar-refractivity contribution is 0.0600. The lowest BCUT2D eigenvalue weighted by Crippen LogP contribution is -2.19.